The molecule has 0 N–H and O–H groups in total. The predicted octanol–water partition coefficient (Wildman–Crippen LogP) is 2.95. The van der Waals surface area contributed by atoms with Crippen LogP contribution < -0.4 is 0 Å². The zero-order valence-corrected chi connectivity index (χ0v) is 9.56. The molecule has 0 atom stereocenters. The van der Waals surface area contributed by atoms with Crippen molar-refractivity contribution < 1.29 is 0 Å². The number of allylic oxidation sites excluding steroid dienone is 5. The second kappa shape index (κ2) is 6.61. The average Bonchev–Trinajstić information content (AvgIpc) is 2.10. The molecular formula is C11H17NS. The molecule has 0 radical (unpaired) electrons. The Morgan fingerprint density at radius 1 is 1.23 bits per heavy atom. The summed E-state index contributed by atoms with van der Waals surface area (Å²) in [4.78, 5) is 2.00. The summed E-state index contributed by atoms with van der Waals surface area (Å²) in [6.07, 6.45) is 8.13. The minimum absolute atomic E-state index is 1.12. The van der Waals surface area contributed by atoms with E-state index in [1.165, 1.54) is 0 Å². The number of nitrogens with zero attached hydrogens (tertiary/aromatic N) is 1. The molecule has 0 aromatic carbocycles. The Morgan fingerprint density at radius 2 is 1.85 bits per heavy atom. The van der Waals surface area contributed by atoms with Crippen molar-refractivity contribution >= 4 is 17.6 Å². The third-order valence-electron chi connectivity index (χ3n) is 1.53. The first-order valence-corrected chi connectivity index (χ1v) is 4.72. The first kappa shape index (κ1) is 12.1. The van der Waals surface area contributed by atoms with Crippen molar-refractivity contribution in [3.63, 3.8) is 0 Å². The normalized spacial score (nSPS) is 13.5. The second-order valence-corrected chi connectivity index (χ2v) is 3.27. The van der Waals surface area contributed by atoms with Gasteiger partial charge in [-0.2, -0.15) is 0 Å². The van der Waals surface area contributed by atoms with E-state index in [9.17, 15) is 0 Å². The van der Waals surface area contributed by atoms with E-state index in [0.717, 1.165) is 11.1 Å². The number of rotatable bonds is 4. The maximum Gasteiger partial charge on any atom is 0.00556 e. The molecule has 0 aliphatic heterocycles. The van der Waals surface area contributed by atoms with Gasteiger partial charge in [0.2, 0.25) is 0 Å². The molecular weight excluding hydrogens is 178 g/mol. The van der Waals surface area contributed by atoms with Crippen LogP contribution in [0.15, 0.2) is 35.6 Å². The zero-order valence-electron chi connectivity index (χ0n) is 8.74. The minimum atomic E-state index is 1.12. The summed E-state index contributed by atoms with van der Waals surface area (Å²) in [5.74, 6) is 0. The monoisotopic (exact) mass is 195 g/mol. The van der Waals surface area contributed by atoms with Crippen molar-refractivity contribution in [1.29, 1.82) is 0 Å². The quantitative estimate of drug-likeness (QED) is 0.385. The van der Waals surface area contributed by atoms with E-state index in [1.54, 1.807) is 5.37 Å². The SMILES string of the molecule is C\C=C/C(/C=C\N(C)C)=C(\C)C=S. The molecule has 72 valence electrons. The zero-order chi connectivity index (χ0) is 10.3. The highest BCUT2D eigenvalue weighted by molar-refractivity contribution is 7.79. The number of hydrogen-bond acceptors (Lipinski definition) is 2. The molecule has 1 nitrogen and oxygen atoms in total. The lowest BCUT2D eigenvalue weighted by Crippen LogP contribution is -2.00. The summed E-state index contributed by atoms with van der Waals surface area (Å²) in [5, 5.41) is 1.70. The highest BCUT2D eigenvalue weighted by Crippen LogP contribution is 2.06. The van der Waals surface area contributed by atoms with Crippen LogP contribution in [0, 0.1) is 0 Å². The predicted molar refractivity (Wildman–Crippen MR) is 64.0 cm³/mol. The fourth-order valence-electron chi connectivity index (χ4n) is 0.795. The largest absolute Gasteiger partial charge is 0.383 e. The highest BCUT2D eigenvalue weighted by atomic mass is 32.1. The molecule has 0 fully saturated rings. The lowest BCUT2D eigenvalue weighted by Gasteiger charge is -2.04. The van der Waals surface area contributed by atoms with E-state index in [4.69, 9.17) is 12.2 Å². The molecule has 0 aliphatic rings. The van der Waals surface area contributed by atoms with Crippen molar-refractivity contribution in [2.45, 2.75) is 13.8 Å². The van der Waals surface area contributed by atoms with E-state index in [2.05, 4.69) is 12.2 Å². The number of hydrogen-bond donors (Lipinski definition) is 0. The van der Waals surface area contributed by atoms with Crippen LogP contribution in [0.1, 0.15) is 13.8 Å². The van der Waals surface area contributed by atoms with E-state index in [1.807, 2.05) is 45.1 Å². The first-order chi connectivity index (χ1) is 6.11. The topological polar surface area (TPSA) is 3.24 Å². The van der Waals surface area contributed by atoms with Gasteiger partial charge in [0, 0.05) is 19.5 Å². The molecule has 0 saturated heterocycles. The van der Waals surface area contributed by atoms with Gasteiger partial charge in [0.1, 0.15) is 0 Å². The first-order valence-electron chi connectivity index (χ1n) is 4.25. The van der Waals surface area contributed by atoms with Crippen LogP contribution in [-0.4, -0.2) is 24.4 Å². The third-order valence-corrected chi connectivity index (χ3v) is 1.88. The lowest BCUT2D eigenvalue weighted by molar-refractivity contribution is 0.563. The molecule has 13 heavy (non-hydrogen) atoms. The van der Waals surface area contributed by atoms with Crippen molar-refractivity contribution in [3.8, 4) is 0 Å². The lowest BCUT2D eigenvalue weighted by atomic mass is 10.1. The Morgan fingerprint density at radius 3 is 2.23 bits per heavy atom. The molecule has 0 saturated carbocycles. The molecule has 0 spiro atoms. The highest BCUT2D eigenvalue weighted by Gasteiger charge is 1.90. The van der Waals surface area contributed by atoms with E-state index in [-0.39, 0.29) is 0 Å². The summed E-state index contributed by atoms with van der Waals surface area (Å²) in [6, 6.07) is 0. The summed E-state index contributed by atoms with van der Waals surface area (Å²) >= 11 is 4.88. The van der Waals surface area contributed by atoms with Gasteiger partial charge in [-0.25, -0.2) is 0 Å². The standard InChI is InChI=1S/C11H17NS/c1-5-6-11(10(2)9-13)7-8-12(3)4/h5-9H,1-4H3/b6-5-,8-7-,11-10-. The van der Waals surface area contributed by atoms with Gasteiger partial charge in [-0.1, -0.05) is 24.4 Å². The molecule has 0 unspecified atom stereocenters. The molecule has 0 aliphatic carbocycles. The van der Waals surface area contributed by atoms with Gasteiger partial charge in [0.25, 0.3) is 0 Å². The van der Waals surface area contributed by atoms with Gasteiger partial charge in [-0.15, -0.1) is 0 Å². The van der Waals surface area contributed by atoms with Crippen LogP contribution in [0.2, 0.25) is 0 Å². The Kier molecular flexibility index (Phi) is 6.15. The van der Waals surface area contributed by atoms with Crippen molar-refractivity contribution in [2.75, 3.05) is 14.1 Å². The molecule has 0 aromatic rings. The van der Waals surface area contributed by atoms with Crippen LogP contribution in [0.3, 0.4) is 0 Å². The van der Waals surface area contributed by atoms with Crippen LogP contribution >= 0.6 is 12.2 Å². The van der Waals surface area contributed by atoms with Gasteiger partial charge >= 0.3 is 0 Å². The molecule has 0 heterocycles. The van der Waals surface area contributed by atoms with Gasteiger partial charge < -0.3 is 4.90 Å². The smallest absolute Gasteiger partial charge is 0.00556 e. The maximum atomic E-state index is 4.88. The Bertz CT molecular complexity index is 247. The van der Waals surface area contributed by atoms with Crippen LogP contribution in [0.25, 0.3) is 0 Å². The third kappa shape index (κ3) is 5.36. The average molecular weight is 195 g/mol. The van der Waals surface area contributed by atoms with E-state index < -0.39 is 0 Å². The summed E-state index contributed by atoms with van der Waals surface area (Å²) in [6.45, 7) is 4.02. The van der Waals surface area contributed by atoms with Crippen LogP contribution in [0.4, 0.5) is 0 Å². The van der Waals surface area contributed by atoms with Crippen molar-refractivity contribution in [1.82, 2.24) is 4.90 Å². The summed E-state index contributed by atoms with van der Waals surface area (Å²) in [5.41, 5.74) is 2.28. The van der Waals surface area contributed by atoms with Crippen LogP contribution in [-0.2, 0) is 0 Å². The van der Waals surface area contributed by atoms with Gasteiger partial charge in [-0.05, 0) is 37.3 Å². The van der Waals surface area contributed by atoms with Gasteiger partial charge in [0.15, 0.2) is 0 Å². The molecule has 0 bridgehead atoms. The van der Waals surface area contributed by atoms with E-state index >= 15 is 0 Å². The summed E-state index contributed by atoms with van der Waals surface area (Å²) < 4.78 is 0. The van der Waals surface area contributed by atoms with E-state index in [0.29, 0.717) is 0 Å². The Labute approximate surface area is 86.4 Å². The fourth-order valence-corrected chi connectivity index (χ4v) is 0.932. The maximum absolute atomic E-state index is 4.88. The molecule has 0 rings (SSSR count). The minimum Gasteiger partial charge on any atom is -0.383 e. The summed E-state index contributed by atoms with van der Waals surface area (Å²) in [7, 11) is 3.99. The Balaban J connectivity index is 4.73. The van der Waals surface area contributed by atoms with Crippen molar-refractivity contribution in [3.05, 3.63) is 35.6 Å². The molecule has 0 aromatic heterocycles. The second-order valence-electron chi connectivity index (χ2n) is 3.04. The number of thiocarbonyl (C=S) groups is 1. The fraction of sp³-hybridized carbons (Fsp3) is 0.364. The van der Waals surface area contributed by atoms with Gasteiger partial charge in [0.05, 0.1) is 0 Å². The van der Waals surface area contributed by atoms with Crippen LogP contribution in [0.5, 0.6) is 0 Å². The Hall–Kier alpha value is -0.890. The molecule has 0 amide bonds. The molecule has 2 heteroatoms. The van der Waals surface area contributed by atoms with Gasteiger partial charge in [-0.3, -0.25) is 0 Å². The van der Waals surface area contributed by atoms with Crippen molar-refractivity contribution in [2.24, 2.45) is 0 Å².